The molecule has 33 heavy (non-hydrogen) atoms. The molecule has 0 saturated carbocycles. The fourth-order valence-electron chi connectivity index (χ4n) is 3.87. The highest BCUT2D eigenvalue weighted by atomic mass is 79.9. The van der Waals surface area contributed by atoms with Gasteiger partial charge in [0, 0.05) is 16.6 Å². The van der Waals surface area contributed by atoms with Crippen molar-refractivity contribution in [3.63, 3.8) is 0 Å². The number of halogens is 1. The van der Waals surface area contributed by atoms with Crippen LogP contribution in [0.2, 0.25) is 0 Å². The lowest BCUT2D eigenvalue weighted by Gasteiger charge is -2.17. The summed E-state index contributed by atoms with van der Waals surface area (Å²) in [7, 11) is 0. The van der Waals surface area contributed by atoms with Crippen molar-refractivity contribution < 1.29 is 9.53 Å². The zero-order valence-corrected chi connectivity index (χ0v) is 20.7. The van der Waals surface area contributed by atoms with E-state index in [4.69, 9.17) is 9.72 Å². The first kappa shape index (κ1) is 23.1. The summed E-state index contributed by atoms with van der Waals surface area (Å²) < 4.78 is 9.18. The normalized spacial score (nSPS) is 12.0. The predicted molar refractivity (Wildman–Crippen MR) is 136 cm³/mol. The average Bonchev–Trinajstić information content (AvgIpc) is 3.18. The first-order valence-corrected chi connectivity index (χ1v) is 11.9. The number of fused-ring (bicyclic) bond motifs is 1. The van der Waals surface area contributed by atoms with Gasteiger partial charge in [-0.3, -0.25) is 4.79 Å². The molecular formula is C27H28BrN3O2. The Hall–Kier alpha value is -3.12. The monoisotopic (exact) mass is 505 g/mol. The molecule has 6 heteroatoms. The van der Waals surface area contributed by atoms with Crippen molar-refractivity contribution >= 4 is 32.9 Å². The molecule has 3 aromatic carbocycles. The molecule has 4 rings (SSSR count). The van der Waals surface area contributed by atoms with Crippen LogP contribution in [0.1, 0.15) is 46.7 Å². The van der Waals surface area contributed by atoms with Crippen molar-refractivity contribution in [1.82, 2.24) is 14.9 Å². The van der Waals surface area contributed by atoms with E-state index in [0.717, 1.165) is 45.6 Å². The van der Waals surface area contributed by atoms with Gasteiger partial charge in [-0.05, 0) is 80.8 Å². The van der Waals surface area contributed by atoms with Crippen LogP contribution in [0.25, 0.3) is 11.0 Å². The lowest BCUT2D eigenvalue weighted by atomic mass is 10.1. The van der Waals surface area contributed by atoms with E-state index in [1.807, 2.05) is 37.3 Å². The van der Waals surface area contributed by atoms with Crippen LogP contribution >= 0.6 is 15.9 Å². The zero-order valence-electron chi connectivity index (χ0n) is 19.1. The van der Waals surface area contributed by atoms with E-state index in [1.165, 1.54) is 5.56 Å². The minimum atomic E-state index is -0.242. The quantitative estimate of drug-likeness (QED) is 0.283. The number of aryl methyl sites for hydroxylation is 3. The molecule has 1 atom stereocenters. The summed E-state index contributed by atoms with van der Waals surface area (Å²) in [5, 5.41) is 3.09. The number of hydrogen-bond acceptors (Lipinski definition) is 3. The number of ether oxygens (including phenoxy) is 1. The Kier molecular flexibility index (Phi) is 7.14. The van der Waals surface area contributed by atoms with Gasteiger partial charge in [-0.15, -0.1) is 0 Å². The van der Waals surface area contributed by atoms with Gasteiger partial charge >= 0.3 is 0 Å². The third-order valence-electron chi connectivity index (χ3n) is 5.65. The van der Waals surface area contributed by atoms with E-state index in [1.54, 1.807) is 12.1 Å². The zero-order chi connectivity index (χ0) is 23.4. The Bertz CT molecular complexity index is 1260. The molecule has 1 aromatic heterocycles. The molecule has 0 fully saturated rings. The standard InChI is InChI=1S/C27H28BrN3O2/c1-18-9-10-19(2)25(17-18)33-16-6-15-31-24-8-5-4-7-23(24)30-26(31)20(3)29-27(32)21-11-13-22(28)14-12-21/h4-5,7-14,17,20H,6,15-16H2,1-3H3,(H,29,32). The molecule has 0 aliphatic heterocycles. The number of carbonyl (C=O) groups is 1. The number of rotatable bonds is 8. The van der Waals surface area contributed by atoms with Gasteiger partial charge in [0.1, 0.15) is 11.6 Å². The molecule has 0 aliphatic carbocycles. The van der Waals surface area contributed by atoms with Crippen LogP contribution in [-0.2, 0) is 6.54 Å². The Morgan fingerprint density at radius 3 is 2.64 bits per heavy atom. The van der Waals surface area contributed by atoms with Crippen molar-refractivity contribution in [2.45, 2.75) is 39.8 Å². The molecule has 4 aromatic rings. The number of hydrogen-bond donors (Lipinski definition) is 1. The van der Waals surface area contributed by atoms with E-state index in [2.05, 4.69) is 63.9 Å². The number of aromatic nitrogens is 2. The highest BCUT2D eigenvalue weighted by molar-refractivity contribution is 9.10. The fraction of sp³-hybridized carbons (Fsp3) is 0.259. The maximum Gasteiger partial charge on any atom is 0.251 e. The van der Waals surface area contributed by atoms with Crippen LogP contribution in [0, 0.1) is 13.8 Å². The van der Waals surface area contributed by atoms with Crippen molar-refractivity contribution in [1.29, 1.82) is 0 Å². The Balaban J connectivity index is 1.48. The molecule has 1 N–H and O–H groups in total. The molecule has 0 aliphatic rings. The maximum absolute atomic E-state index is 12.8. The van der Waals surface area contributed by atoms with Crippen LogP contribution in [0.4, 0.5) is 0 Å². The van der Waals surface area contributed by atoms with E-state index < -0.39 is 0 Å². The highest BCUT2D eigenvalue weighted by Gasteiger charge is 2.19. The minimum Gasteiger partial charge on any atom is -0.493 e. The minimum absolute atomic E-state index is 0.119. The Labute approximate surface area is 202 Å². The first-order valence-electron chi connectivity index (χ1n) is 11.1. The van der Waals surface area contributed by atoms with E-state index in [-0.39, 0.29) is 11.9 Å². The van der Waals surface area contributed by atoms with Crippen LogP contribution in [0.3, 0.4) is 0 Å². The molecule has 5 nitrogen and oxygen atoms in total. The second-order valence-corrected chi connectivity index (χ2v) is 9.20. The van der Waals surface area contributed by atoms with E-state index in [9.17, 15) is 4.79 Å². The highest BCUT2D eigenvalue weighted by Crippen LogP contribution is 2.23. The molecule has 1 heterocycles. The van der Waals surface area contributed by atoms with Gasteiger partial charge in [-0.2, -0.15) is 0 Å². The maximum atomic E-state index is 12.8. The Morgan fingerprint density at radius 1 is 1.09 bits per heavy atom. The molecule has 0 saturated heterocycles. The lowest BCUT2D eigenvalue weighted by Crippen LogP contribution is -2.28. The first-order chi connectivity index (χ1) is 15.9. The second kappa shape index (κ2) is 10.2. The summed E-state index contributed by atoms with van der Waals surface area (Å²) in [4.78, 5) is 17.6. The summed E-state index contributed by atoms with van der Waals surface area (Å²) in [5.41, 5.74) is 4.93. The summed E-state index contributed by atoms with van der Waals surface area (Å²) in [6.07, 6.45) is 0.827. The SMILES string of the molecule is Cc1ccc(C)c(OCCCn2c(C(C)NC(=O)c3ccc(Br)cc3)nc3ccccc32)c1. The van der Waals surface area contributed by atoms with E-state index in [0.29, 0.717) is 12.2 Å². The fourth-order valence-corrected chi connectivity index (χ4v) is 4.14. The molecule has 1 unspecified atom stereocenters. The van der Waals surface area contributed by atoms with Gasteiger partial charge in [0.25, 0.3) is 5.91 Å². The number of amides is 1. The molecule has 0 radical (unpaired) electrons. The summed E-state index contributed by atoms with van der Waals surface area (Å²) in [5.74, 6) is 1.65. The molecular weight excluding hydrogens is 478 g/mol. The number of benzene rings is 3. The third kappa shape index (κ3) is 5.45. The van der Waals surface area contributed by atoms with Crippen molar-refractivity contribution in [3.05, 3.63) is 93.7 Å². The number of imidazole rings is 1. The van der Waals surface area contributed by atoms with Gasteiger partial charge in [-0.1, -0.05) is 40.2 Å². The largest absolute Gasteiger partial charge is 0.493 e. The van der Waals surface area contributed by atoms with Crippen molar-refractivity contribution in [2.24, 2.45) is 0 Å². The number of carbonyl (C=O) groups excluding carboxylic acids is 1. The molecule has 170 valence electrons. The number of nitrogens with one attached hydrogen (secondary N) is 1. The van der Waals surface area contributed by atoms with Gasteiger partial charge in [-0.25, -0.2) is 4.98 Å². The van der Waals surface area contributed by atoms with Crippen LogP contribution in [-0.4, -0.2) is 22.1 Å². The topological polar surface area (TPSA) is 56.1 Å². The van der Waals surface area contributed by atoms with Gasteiger partial charge in [0.05, 0.1) is 23.7 Å². The average molecular weight is 506 g/mol. The number of para-hydroxylation sites is 2. The summed E-state index contributed by atoms with van der Waals surface area (Å²) in [6.45, 7) is 7.46. The van der Waals surface area contributed by atoms with Crippen molar-refractivity contribution in [2.75, 3.05) is 6.61 Å². The Morgan fingerprint density at radius 2 is 1.85 bits per heavy atom. The van der Waals surface area contributed by atoms with Gasteiger partial charge < -0.3 is 14.6 Å². The smallest absolute Gasteiger partial charge is 0.251 e. The van der Waals surface area contributed by atoms with Crippen LogP contribution < -0.4 is 10.1 Å². The molecule has 0 bridgehead atoms. The molecule has 1 amide bonds. The van der Waals surface area contributed by atoms with Gasteiger partial charge in [0.15, 0.2) is 0 Å². The van der Waals surface area contributed by atoms with E-state index >= 15 is 0 Å². The number of nitrogens with zero attached hydrogens (tertiary/aromatic N) is 2. The summed E-state index contributed by atoms with van der Waals surface area (Å²) in [6, 6.07) is 21.4. The second-order valence-electron chi connectivity index (χ2n) is 8.28. The summed E-state index contributed by atoms with van der Waals surface area (Å²) >= 11 is 3.41. The third-order valence-corrected chi connectivity index (χ3v) is 6.18. The van der Waals surface area contributed by atoms with Gasteiger partial charge in [0.2, 0.25) is 0 Å². The predicted octanol–water partition coefficient (Wildman–Crippen LogP) is 6.38. The van der Waals surface area contributed by atoms with Crippen LogP contribution in [0.5, 0.6) is 5.75 Å². The lowest BCUT2D eigenvalue weighted by molar-refractivity contribution is 0.0937. The molecule has 0 spiro atoms. The van der Waals surface area contributed by atoms with Crippen LogP contribution in [0.15, 0.2) is 71.2 Å². The van der Waals surface area contributed by atoms with Crippen molar-refractivity contribution in [3.8, 4) is 5.75 Å².